The van der Waals surface area contributed by atoms with Crippen LogP contribution < -0.4 is 21.5 Å². The summed E-state index contributed by atoms with van der Waals surface area (Å²) in [7, 11) is 0. The summed E-state index contributed by atoms with van der Waals surface area (Å²) in [5.41, 5.74) is 3.59. The lowest BCUT2D eigenvalue weighted by atomic mass is 9.90. The number of halogens is 3. The van der Waals surface area contributed by atoms with Crippen LogP contribution in [0.1, 0.15) is 42.7 Å². The second-order valence-electron chi connectivity index (χ2n) is 11.7. The van der Waals surface area contributed by atoms with Crippen molar-refractivity contribution in [3.8, 4) is 17.2 Å². The summed E-state index contributed by atoms with van der Waals surface area (Å²) in [6.07, 6.45) is 0.805. The van der Waals surface area contributed by atoms with Gasteiger partial charge in [-0.15, -0.1) is 11.3 Å². The third-order valence-corrected chi connectivity index (χ3v) is 9.15. The molecule has 2 aliphatic heterocycles. The number of fused-ring (bicyclic) bond motifs is 2. The van der Waals surface area contributed by atoms with Gasteiger partial charge in [0.15, 0.2) is 0 Å². The van der Waals surface area contributed by atoms with E-state index in [0.29, 0.717) is 26.6 Å². The molecule has 236 valence electrons. The molecule has 1 fully saturated rings. The Morgan fingerprint density at radius 2 is 1.98 bits per heavy atom. The van der Waals surface area contributed by atoms with Gasteiger partial charge in [-0.05, 0) is 62.9 Å². The van der Waals surface area contributed by atoms with Crippen LogP contribution in [0.15, 0.2) is 52.3 Å². The smallest absolute Gasteiger partial charge is 0.406 e. The predicted molar refractivity (Wildman–Crippen MR) is 165 cm³/mol. The van der Waals surface area contributed by atoms with E-state index in [-0.39, 0.29) is 18.6 Å². The number of carboxylic acid groups (broad SMARTS) is 1. The van der Waals surface area contributed by atoms with E-state index < -0.39 is 24.0 Å². The number of thiophene rings is 1. The Morgan fingerprint density at radius 1 is 1.22 bits per heavy atom. The van der Waals surface area contributed by atoms with E-state index in [1.807, 2.05) is 18.2 Å². The molecule has 2 aliphatic rings. The summed E-state index contributed by atoms with van der Waals surface area (Å²) in [4.78, 5) is 41.3. The molecule has 0 spiro atoms. The zero-order valence-corrected chi connectivity index (χ0v) is 25.4. The molecule has 45 heavy (non-hydrogen) atoms. The highest BCUT2D eigenvalue weighted by atomic mass is 32.1. The molecule has 0 bridgehead atoms. The number of nitrogens with zero attached hydrogens (tertiary/aromatic N) is 5. The standard InChI is InChI=1S/C30H29F3N6O2S.CH2O2/c1-29(2)13-20(15-36-29)38-8-3-4-19-10-18(14-34)11-23(26(19)38)22-5-7-35-24-12-21(42-27(22)24)16-39-25(40)6-9-37(28(39)41)17-30(31,32)33;2-1-3/h5-7,9-12,20,36H,3-4,8,13,15-17H2,1-2H3;1H,(H,2,3)/t20-;/m0./s1. The van der Waals surface area contributed by atoms with Gasteiger partial charge in [0.25, 0.3) is 12.0 Å². The van der Waals surface area contributed by atoms with E-state index >= 15 is 0 Å². The van der Waals surface area contributed by atoms with E-state index in [9.17, 15) is 28.0 Å². The van der Waals surface area contributed by atoms with Crippen LogP contribution in [0, 0.1) is 11.3 Å². The molecule has 2 N–H and O–H groups in total. The first kappa shape index (κ1) is 31.9. The minimum absolute atomic E-state index is 0.0236. The van der Waals surface area contributed by atoms with Crippen molar-refractivity contribution in [2.75, 3.05) is 18.0 Å². The fourth-order valence-electron chi connectivity index (χ4n) is 6.21. The Labute approximate surface area is 260 Å². The molecule has 1 atom stereocenters. The molecule has 6 rings (SSSR count). The highest BCUT2D eigenvalue weighted by Crippen LogP contribution is 2.44. The van der Waals surface area contributed by atoms with E-state index in [4.69, 9.17) is 9.90 Å². The van der Waals surface area contributed by atoms with Gasteiger partial charge in [-0.1, -0.05) is 0 Å². The third kappa shape index (κ3) is 6.79. The molecule has 5 heterocycles. The molecule has 0 aliphatic carbocycles. The van der Waals surface area contributed by atoms with Crippen LogP contribution in [0.4, 0.5) is 18.9 Å². The second-order valence-corrected chi connectivity index (χ2v) is 12.9. The summed E-state index contributed by atoms with van der Waals surface area (Å²) >= 11 is 1.34. The number of nitrogens with one attached hydrogen (secondary N) is 1. The molecule has 1 aromatic carbocycles. The van der Waals surface area contributed by atoms with Gasteiger partial charge in [0.2, 0.25) is 0 Å². The Morgan fingerprint density at radius 3 is 2.64 bits per heavy atom. The number of aromatic nitrogens is 3. The van der Waals surface area contributed by atoms with Crippen molar-refractivity contribution in [2.24, 2.45) is 0 Å². The van der Waals surface area contributed by atoms with Crippen LogP contribution in [-0.2, 0) is 24.3 Å². The van der Waals surface area contributed by atoms with E-state index in [2.05, 4.69) is 35.1 Å². The maximum atomic E-state index is 13.0. The minimum Gasteiger partial charge on any atom is -0.483 e. The van der Waals surface area contributed by atoms with Gasteiger partial charge in [0.1, 0.15) is 6.54 Å². The number of hydrogen-bond donors (Lipinski definition) is 2. The number of carbonyl (C=O) groups is 1. The highest BCUT2D eigenvalue weighted by molar-refractivity contribution is 7.19. The van der Waals surface area contributed by atoms with Crippen LogP contribution >= 0.6 is 11.3 Å². The third-order valence-electron chi connectivity index (χ3n) is 8.01. The number of nitriles is 1. The van der Waals surface area contributed by atoms with Gasteiger partial charge < -0.3 is 15.3 Å². The first-order valence-electron chi connectivity index (χ1n) is 14.3. The van der Waals surface area contributed by atoms with Gasteiger partial charge >= 0.3 is 11.9 Å². The summed E-state index contributed by atoms with van der Waals surface area (Å²) in [6.45, 7) is 4.26. The lowest BCUT2D eigenvalue weighted by Gasteiger charge is -2.38. The summed E-state index contributed by atoms with van der Waals surface area (Å²) < 4.78 is 41.1. The van der Waals surface area contributed by atoms with Crippen molar-refractivity contribution in [1.82, 2.24) is 19.4 Å². The Kier molecular flexibility index (Phi) is 8.86. The molecular formula is C31H31F3N6O4S. The fourth-order valence-corrected chi connectivity index (χ4v) is 7.34. The molecule has 1 saturated heterocycles. The number of benzene rings is 1. The second kappa shape index (κ2) is 12.5. The predicted octanol–water partition coefficient (Wildman–Crippen LogP) is 4.36. The number of rotatable bonds is 5. The molecule has 0 saturated carbocycles. The number of aryl methyl sites for hydroxylation is 1. The number of hydrogen-bond acceptors (Lipinski definition) is 8. The molecule has 0 radical (unpaired) electrons. The fraction of sp³-hybridized carbons (Fsp3) is 0.387. The van der Waals surface area contributed by atoms with Gasteiger partial charge in [0, 0.05) is 64.8 Å². The van der Waals surface area contributed by atoms with Crippen LogP contribution in [0.5, 0.6) is 0 Å². The average Bonchev–Trinajstić information content (AvgIpc) is 3.57. The van der Waals surface area contributed by atoms with Crippen molar-refractivity contribution < 1.29 is 23.1 Å². The largest absolute Gasteiger partial charge is 0.483 e. The lowest BCUT2D eigenvalue weighted by molar-refractivity contribution is -0.141. The maximum absolute atomic E-state index is 13.0. The quantitative estimate of drug-likeness (QED) is 0.308. The van der Waals surface area contributed by atoms with Crippen LogP contribution in [0.2, 0.25) is 0 Å². The summed E-state index contributed by atoms with van der Waals surface area (Å²) in [5.74, 6) is 0. The van der Waals surface area contributed by atoms with E-state index in [0.717, 1.165) is 76.3 Å². The SMILES string of the molecule is CC1(C)C[C@H](N2CCCc3cc(C#N)cc(-c4ccnc5cc(Cn6c(=O)ccn(CC(F)(F)F)c6=O)sc45)c32)CN1.O=CO. The van der Waals surface area contributed by atoms with E-state index in [1.165, 1.54) is 11.3 Å². The summed E-state index contributed by atoms with van der Waals surface area (Å²) in [5, 5.41) is 20.4. The summed E-state index contributed by atoms with van der Waals surface area (Å²) in [6, 6.07) is 11.1. The monoisotopic (exact) mass is 640 g/mol. The number of anilines is 1. The van der Waals surface area contributed by atoms with Crippen LogP contribution in [-0.4, -0.2) is 56.5 Å². The number of alkyl halides is 3. The zero-order chi connectivity index (χ0) is 32.5. The van der Waals surface area contributed by atoms with Gasteiger partial charge in [-0.3, -0.25) is 23.7 Å². The first-order valence-corrected chi connectivity index (χ1v) is 15.1. The molecule has 3 aromatic heterocycles. The minimum atomic E-state index is -4.60. The molecular weight excluding hydrogens is 609 g/mol. The molecule has 10 nitrogen and oxygen atoms in total. The van der Waals surface area contributed by atoms with Gasteiger partial charge in [-0.2, -0.15) is 18.4 Å². The Balaban J connectivity index is 0.00000128. The van der Waals surface area contributed by atoms with Crippen molar-refractivity contribution in [3.63, 3.8) is 0 Å². The van der Waals surface area contributed by atoms with Crippen molar-refractivity contribution >= 4 is 33.7 Å². The van der Waals surface area contributed by atoms with Crippen molar-refractivity contribution in [2.45, 2.75) is 64.0 Å². The van der Waals surface area contributed by atoms with Crippen molar-refractivity contribution in [1.29, 1.82) is 5.26 Å². The first-order chi connectivity index (χ1) is 21.3. The topological polar surface area (TPSA) is 133 Å². The van der Waals surface area contributed by atoms with Gasteiger partial charge in [-0.25, -0.2) is 4.79 Å². The lowest BCUT2D eigenvalue weighted by Crippen LogP contribution is -2.41. The average molecular weight is 641 g/mol. The molecule has 0 unspecified atom stereocenters. The molecule has 4 aromatic rings. The maximum Gasteiger partial charge on any atom is 0.406 e. The highest BCUT2D eigenvalue weighted by Gasteiger charge is 2.37. The van der Waals surface area contributed by atoms with Crippen LogP contribution in [0.3, 0.4) is 0 Å². The molecule has 14 heteroatoms. The normalized spacial score (nSPS) is 17.3. The van der Waals surface area contributed by atoms with Crippen molar-refractivity contribution in [3.05, 3.63) is 79.6 Å². The van der Waals surface area contributed by atoms with E-state index in [1.54, 1.807) is 12.3 Å². The number of pyridine rings is 1. The Bertz CT molecular complexity index is 1910. The van der Waals surface area contributed by atoms with Gasteiger partial charge in [0.05, 0.1) is 28.4 Å². The Hall–Kier alpha value is -4.48. The molecule has 0 amide bonds. The van der Waals surface area contributed by atoms with Crippen LogP contribution in [0.25, 0.3) is 21.3 Å². The zero-order valence-electron chi connectivity index (χ0n) is 24.6.